The molecule has 13 heavy (non-hydrogen) atoms. The van der Waals surface area contributed by atoms with E-state index in [-0.39, 0.29) is 0 Å². The summed E-state index contributed by atoms with van der Waals surface area (Å²) in [4.78, 5) is 0. The van der Waals surface area contributed by atoms with Crippen molar-refractivity contribution in [1.29, 1.82) is 0 Å². The third-order valence-electron chi connectivity index (χ3n) is 2.42. The molecule has 0 aliphatic rings. The first-order valence-electron chi connectivity index (χ1n) is 5.73. The molecule has 0 amide bonds. The molecule has 0 aliphatic heterocycles. The predicted molar refractivity (Wildman–Crippen MR) is 59.9 cm³/mol. The standard InChI is InChI=1S/C11H26N2/c1-4-7-10(12)9-11(6-3)13-8-5-2/h10-11,13H,4-9,12H2,1-3H3. The Balaban J connectivity index is 3.56. The molecule has 0 saturated carbocycles. The predicted octanol–water partition coefficient (Wildman–Crippen LogP) is 2.28. The molecule has 0 aliphatic carbocycles. The molecular weight excluding hydrogens is 160 g/mol. The number of hydrogen-bond acceptors (Lipinski definition) is 2. The lowest BCUT2D eigenvalue weighted by atomic mass is 10.0. The third kappa shape index (κ3) is 7.03. The third-order valence-corrected chi connectivity index (χ3v) is 2.42. The van der Waals surface area contributed by atoms with Gasteiger partial charge in [0.1, 0.15) is 0 Å². The molecule has 0 heterocycles. The number of hydrogen-bond donors (Lipinski definition) is 2. The lowest BCUT2D eigenvalue weighted by molar-refractivity contribution is 0.414. The van der Waals surface area contributed by atoms with Crippen molar-refractivity contribution in [2.45, 2.75) is 65.0 Å². The van der Waals surface area contributed by atoms with Gasteiger partial charge in [-0.3, -0.25) is 0 Å². The zero-order chi connectivity index (χ0) is 10.1. The monoisotopic (exact) mass is 186 g/mol. The van der Waals surface area contributed by atoms with Crippen molar-refractivity contribution < 1.29 is 0 Å². The van der Waals surface area contributed by atoms with E-state index in [0.717, 1.165) is 19.4 Å². The highest BCUT2D eigenvalue weighted by Crippen LogP contribution is 2.05. The van der Waals surface area contributed by atoms with Crippen LogP contribution in [0.25, 0.3) is 0 Å². The van der Waals surface area contributed by atoms with Crippen LogP contribution in [-0.4, -0.2) is 18.6 Å². The fraction of sp³-hybridized carbons (Fsp3) is 1.00. The zero-order valence-electron chi connectivity index (χ0n) is 9.47. The second kappa shape index (κ2) is 8.52. The van der Waals surface area contributed by atoms with Crippen LogP contribution in [0.3, 0.4) is 0 Å². The highest BCUT2D eigenvalue weighted by molar-refractivity contribution is 4.72. The lowest BCUT2D eigenvalue weighted by Crippen LogP contribution is -2.35. The molecule has 2 unspecified atom stereocenters. The highest BCUT2D eigenvalue weighted by atomic mass is 14.9. The van der Waals surface area contributed by atoms with Gasteiger partial charge in [-0.1, -0.05) is 27.2 Å². The fourth-order valence-electron chi connectivity index (χ4n) is 1.60. The average Bonchev–Trinajstić information content (AvgIpc) is 2.12. The summed E-state index contributed by atoms with van der Waals surface area (Å²) in [7, 11) is 0. The molecule has 0 bridgehead atoms. The Bertz CT molecular complexity index is 104. The van der Waals surface area contributed by atoms with Gasteiger partial charge < -0.3 is 11.1 Å². The summed E-state index contributed by atoms with van der Waals surface area (Å²) in [5, 5.41) is 3.53. The average molecular weight is 186 g/mol. The minimum atomic E-state index is 0.388. The van der Waals surface area contributed by atoms with E-state index in [1.165, 1.54) is 19.3 Å². The zero-order valence-corrected chi connectivity index (χ0v) is 9.47. The van der Waals surface area contributed by atoms with Gasteiger partial charge in [-0.2, -0.15) is 0 Å². The molecule has 2 heteroatoms. The summed E-state index contributed by atoms with van der Waals surface area (Å²) in [6.07, 6.45) is 5.89. The molecule has 2 atom stereocenters. The molecule has 3 N–H and O–H groups in total. The van der Waals surface area contributed by atoms with Gasteiger partial charge >= 0.3 is 0 Å². The Kier molecular flexibility index (Phi) is 8.46. The molecular formula is C11H26N2. The van der Waals surface area contributed by atoms with E-state index in [4.69, 9.17) is 5.73 Å². The maximum atomic E-state index is 5.99. The molecule has 0 aromatic carbocycles. The molecule has 0 aromatic rings. The minimum absolute atomic E-state index is 0.388. The van der Waals surface area contributed by atoms with Gasteiger partial charge in [0, 0.05) is 12.1 Å². The first-order chi connectivity index (χ1) is 6.24. The molecule has 0 saturated heterocycles. The van der Waals surface area contributed by atoms with E-state index >= 15 is 0 Å². The van der Waals surface area contributed by atoms with Gasteiger partial charge in [-0.15, -0.1) is 0 Å². The van der Waals surface area contributed by atoms with E-state index in [1.54, 1.807) is 0 Å². The Morgan fingerprint density at radius 1 is 1.15 bits per heavy atom. The van der Waals surface area contributed by atoms with Crippen LogP contribution >= 0.6 is 0 Å². The number of nitrogens with one attached hydrogen (secondary N) is 1. The van der Waals surface area contributed by atoms with Crippen molar-refractivity contribution in [1.82, 2.24) is 5.32 Å². The smallest absolute Gasteiger partial charge is 0.00791 e. The van der Waals surface area contributed by atoms with E-state index in [0.29, 0.717) is 12.1 Å². The first-order valence-corrected chi connectivity index (χ1v) is 5.73. The fourth-order valence-corrected chi connectivity index (χ4v) is 1.60. The molecule has 0 radical (unpaired) electrons. The lowest BCUT2D eigenvalue weighted by Gasteiger charge is -2.20. The Morgan fingerprint density at radius 2 is 1.85 bits per heavy atom. The van der Waals surface area contributed by atoms with Crippen LogP contribution in [0.2, 0.25) is 0 Å². The maximum absolute atomic E-state index is 5.99. The normalized spacial score (nSPS) is 15.7. The van der Waals surface area contributed by atoms with Gasteiger partial charge in [-0.25, -0.2) is 0 Å². The van der Waals surface area contributed by atoms with Crippen molar-refractivity contribution in [3.63, 3.8) is 0 Å². The summed E-state index contributed by atoms with van der Waals surface area (Å²) in [5.41, 5.74) is 5.99. The van der Waals surface area contributed by atoms with E-state index in [9.17, 15) is 0 Å². The summed E-state index contributed by atoms with van der Waals surface area (Å²) in [6.45, 7) is 7.75. The summed E-state index contributed by atoms with van der Waals surface area (Å²) >= 11 is 0. The SMILES string of the molecule is CCCNC(CC)CC(N)CCC. The second-order valence-corrected chi connectivity index (χ2v) is 3.84. The van der Waals surface area contributed by atoms with Crippen molar-refractivity contribution in [2.24, 2.45) is 5.73 Å². The van der Waals surface area contributed by atoms with Gasteiger partial charge in [0.15, 0.2) is 0 Å². The van der Waals surface area contributed by atoms with E-state index < -0.39 is 0 Å². The van der Waals surface area contributed by atoms with Crippen LogP contribution in [0.15, 0.2) is 0 Å². The van der Waals surface area contributed by atoms with Crippen LogP contribution < -0.4 is 11.1 Å². The maximum Gasteiger partial charge on any atom is 0.00791 e. The molecule has 0 aromatic heterocycles. The van der Waals surface area contributed by atoms with E-state index in [1.807, 2.05) is 0 Å². The first kappa shape index (κ1) is 12.9. The van der Waals surface area contributed by atoms with Crippen molar-refractivity contribution in [3.8, 4) is 0 Å². The summed E-state index contributed by atoms with van der Waals surface area (Å²) < 4.78 is 0. The van der Waals surface area contributed by atoms with Crippen molar-refractivity contribution in [2.75, 3.05) is 6.54 Å². The highest BCUT2D eigenvalue weighted by Gasteiger charge is 2.09. The van der Waals surface area contributed by atoms with Gasteiger partial charge in [-0.05, 0) is 32.2 Å². The largest absolute Gasteiger partial charge is 0.328 e. The number of nitrogens with two attached hydrogens (primary N) is 1. The van der Waals surface area contributed by atoms with Crippen molar-refractivity contribution >= 4 is 0 Å². The Hall–Kier alpha value is -0.0800. The Morgan fingerprint density at radius 3 is 2.31 bits per heavy atom. The molecule has 2 nitrogen and oxygen atoms in total. The molecule has 80 valence electrons. The Labute approximate surface area is 83.3 Å². The quantitative estimate of drug-likeness (QED) is 0.610. The van der Waals surface area contributed by atoms with Gasteiger partial charge in [0.2, 0.25) is 0 Å². The second-order valence-electron chi connectivity index (χ2n) is 3.84. The van der Waals surface area contributed by atoms with E-state index in [2.05, 4.69) is 26.1 Å². The topological polar surface area (TPSA) is 38.0 Å². The van der Waals surface area contributed by atoms with Crippen LogP contribution in [0.4, 0.5) is 0 Å². The summed E-state index contributed by atoms with van der Waals surface area (Å²) in [5.74, 6) is 0. The molecule has 0 fully saturated rings. The van der Waals surface area contributed by atoms with Crippen LogP contribution in [0.1, 0.15) is 52.9 Å². The van der Waals surface area contributed by atoms with Crippen LogP contribution in [0.5, 0.6) is 0 Å². The van der Waals surface area contributed by atoms with Crippen molar-refractivity contribution in [3.05, 3.63) is 0 Å². The molecule has 0 rings (SSSR count). The van der Waals surface area contributed by atoms with Gasteiger partial charge in [0.05, 0.1) is 0 Å². The molecule has 0 spiro atoms. The van der Waals surface area contributed by atoms with Crippen LogP contribution in [-0.2, 0) is 0 Å². The number of rotatable bonds is 8. The van der Waals surface area contributed by atoms with Gasteiger partial charge in [0.25, 0.3) is 0 Å². The summed E-state index contributed by atoms with van der Waals surface area (Å²) in [6, 6.07) is 1.01. The minimum Gasteiger partial charge on any atom is -0.328 e. The van der Waals surface area contributed by atoms with Crippen LogP contribution in [0, 0.1) is 0 Å².